The Bertz CT molecular complexity index is 377. The van der Waals surface area contributed by atoms with Gasteiger partial charge in [0.2, 0.25) is 0 Å². The van der Waals surface area contributed by atoms with Crippen LogP contribution < -0.4 is 5.32 Å². The van der Waals surface area contributed by atoms with Crippen LogP contribution in [-0.4, -0.2) is 31.5 Å². The van der Waals surface area contributed by atoms with Crippen LogP contribution in [0.3, 0.4) is 0 Å². The number of aryl methyl sites for hydroxylation is 1. The third kappa shape index (κ3) is 3.66. The van der Waals surface area contributed by atoms with Crippen molar-refractivity contribution in [2.75, 3.05) is 20.3 Å². The summed E-state index contributed by atoms with van der Waals surface area (Å²) < 4.78 is 6.59. The SMILES string of the molecule is COCC(CCO)NC1CCCc2sc(I)cc21. The molecule has 1 aliphatic rings. The molecule has 18 heavy (non-hydrogen) atoms. The highest BCUT2D eigenvalue weighted by molar-refractivity contribution is 14.1. The minimum Gasteiger partial charge on any atom is -0.396 e. The lowest BCUT2D eigenvalue weighted by Crippen LogP contribution is -2.38. The Morgan fingerprint density at radius 3 is 3.22 bits per heavy atom. The molecule has 1 aromatic heterocycles. The fourth-order valence-electron chi connectivity index (χ4n) is 2.55. The molecule has 1 aromatic rings. The first-order chi connectivity index (χ1) is 8.74. The average molecular weight is 381 g/mol. The number of hydrogen-bond acceptors (Lipinski definition) is 4. The van der Waals surface area contributed by atoms with Crippen molar-refractivity contribution in [1.82, 2.24) is 5.32 Å². The lowest BCUT2D eigenvalue weighted by Gasteiger charge is -2.28. The van der Waals surface area contributed by atoms with E-state index in [1.165, 1.54) is 32.6 Å². The van der Waals surface area contributed by atoms with Crippen molar-refractivity contribution < 1.29 is 9.84 Å². The lowest BCUT2D eigenvalue weighted by atomic mass is 9.93. The van der Waals surface area contributed by atoms with E-state index >= 15 is 0 Å². The van der Waals surface area contributed by atoms with Crippen LogP contribution in [0.25, 0.3) is 0 Å². The van der Waals surface area contributed by atoms with Crippen LogP contribution in [0.1, 0.15) is 35.7 Å². The van der Waals surface area contributed by atoms with Crippen molar-refractivity contribution >= 4 is 33.9 Å². The van der Waals surface area contributed by atoms with Gasteiger partial charge in [0.25, 0.3) is 0 Å². The van der Waals surface area contributed by atoms with E-state index in [0.29, 0.717) is 12.6 Å². The standard InChI is InChI=1S/C13H20INO2S/c1-17-8-9(5-6-16)15-11-3-2-4-12-10(11)7-13(14)18-12/h7,9,11,15-16H,2-6,8H2,1H3. The van der Waals surface area contributed by atoms with Gasteiger partial charge in [0.1, 0.15) is 0 Å². The summed E-state index contributed by atoms with van der Waals surface area (Å²) in [6.45, 7) is 0.870. The highest BCUT2D eigenvalue weighted by Gasteiger charge is 2.24. The van der Waals surface area contributed by atoms with E-state index in [0.717, 1.165) is 6.42 Å². The van der Waals surface area contributed by atoms with Gasteiger partial charge in [-0.3, -0.25) is 0 Å². The summed E-state index contributed by atoms with van der Waals surface area (Å²) >= 11 is 4.32. The summed E-state index contributed by atoms with van der Waals surface area (Å²) in [6, 6.07) is 2.98. The fraction of sp³-hybridized carbons (Fsp3) is 0.692. The second-order valence-electron chi connectivity index (χ2n) is 4.71. The highest BCUT2D eigenvalue weighted by atomic mass is 127. The topological polar surface area (TPSA) is 41.5 Å². The molecule has 1 heterocycles. The molecular weight excluding hydrogens is 361 g/mol. The van der Waals surface area contributed by atoms with Gasteiger partial charge < -0.3 is 15.2 Å². The van der Waals surface area contributed by atoms with Gasteiger partial charge in [0, 0.05) is 30.7 Å². The molecule has 2 unspecified atom stereocenters. The van der Waals surface area contributed by atoms with Crippen molar-refractivity contribution in [1.29, 1.82) is 0 Å². The van der Waals surface area contributed by atoms with Crippen LogP contribution in [0, 0.1) is 2.88 Å². The second kappa shape index (κ2) is 7.19. The molecule has 0 radical (unpaired) electrons. The Labute approximate surface area is 126 Å². The van der Waals surface area contributed by atoms with Crippen molar-refractivity contribution in [2.24, 2.45) is 0 Å². The van der Waals surface area contributed by atoms with Gasteiger partial charge >= 0.3 is 0 Å². The Kier molecular flexibility index (Phi) is 5.88. The smallest absolute Gasteiger partial charge is 0.0659 e. The molecule has 0 saturated carbocycles. The van der Waals surface area contributed by atoms with Gasteiger partial charge in [-0.2, -0.15) is 0 Å². The summed E-state index contributed by atoms with van der Waals surface area (Å²) in [4.78, 5) is 1.53. The van der Waals surface area contributed by atoms with E-state index in [-0.39, 0.29) is 12.6 Å². The van der Waals surface area contributed by atoms with Gasteiger partial charge in [-0.25, -0.2) is 0 Å². The van der Waals surface area contributed by atoms with E-state index in [1.807, 2.05) is 11.3 Å². The maximum absolute atomic E-state index is 9.10. The first kappa shape index (κ1) is 14.7. The number of methoxy groups -OCH3 is 1. The third-order valence-electron chi connectivity index (χ3n) is 3.37. The summed E-state index contributed by atoms with van der Waals surface area (Å²) in [5.41, 5.74) is 1.47. The summed E-state index contributed by atoms with van der Waals surface area (Å²) in [7, 11) is 1.71. The molecule has 0 spiro atoms. The molecule has 2 N–H and O–H groups in total. The molecule has 0 aromatic carbocycles. The van der Waals surface area contributed by atoms with Gasteiger partial charge in [0.15, 0.2) is 0 Å². The van der Waals surface area contributed by atoms with E-state index < -0.39 is 0 Å². The summed E-state index contributed by atoms with van der Waals surface area (Å²) in [6.07, 6.45) is 4.41. The number of rotatable bonds is 6. The summed E-state index contributed by atoms with van der Waals surface area (Å²) in [5, 5.41) is 12.7. The normalized spacial score (nSPS) is 20.7. The molecule has 0 saturated heterocycles. The predicted octanol–water partition coefficient (Wildman–Crippen LogP) is 2.72. The zero-order chi connectivity index (χ0) is 13.0. The van der Waals surface area contributed by atoms with E-state index in [9.17, 15) is 0 Å². The number of thiophene rings is 1. The number of halogens is 1. The molecule has 1 aliphatic carbocycles. The number of nitrogens with one attached hydrogen (secondary N) is 1. The number of hydrogen-bond donors (Lipinski definition) is 2. The molecule has 5 heteroatoms. The first-order valence-corrected chi connectivity index (χ1v) is 8.28. The predicted molar refractivity (Wildman–Crippen MR) is 83.2 cm³/mol. The summed E-state index contributed by atoms with van der Waals surface area (Å²) in [5.74, 6) is 0. The molecule has 0 aliphatic heterocycles. The number of aliphatic hydroxyl groups excluding tert-OH is 1. The fourth-order valence-corrected chi connectivity index (χ4v) is 4.67. The van der Waals surface area contributed by atoms with Crippen LogP contribution in [0.15, 0.2) is 6.07 Å². The van der Waals surface area contributed by atoms with Crippen LogP contribution in [-0.2, 0) is 11.2 Å². The monoisotopic (exact) mass is 381 g/mol. The van der Waals surface area contributed by atoms with Crippen LogP contribution >= 0.6 is 33.9 Å². The van der Waals surface area contributed by atoms with Crippen LogP contribution in [0.2, 0.25) is 0 Å². The Morgan fingerprint density at radius 2 is 2.50 bits per heavy atom. The van der Waals surface area contributed by atoms with Crippen LogP contribution in [0.4, 0.5) is 0 Å². The molecule has 2 rings (SSSR count). The zero-order valence-electron chi connectivity index (χ0n) is 10.6. The minimum atomic E-state index is 0.210. The Balaban J connectivity index is 2.04. The molecule has 0 bridgehead atoms. The maximum Gasteiger partial charge on any atom is 0.0659 e. The minimum absolute atomic E-state index is 0.210. The van der Waals surface area contributed by atoms with E-state index in [4.69, 9.17) is 9.84 Å². The highest BCUT2D eigenvalue weighted by Crippen LogP contribution is 2.36. The number of fused-ring (bicyclic) bond motifs is 1. The molecule has 3 nitrogen and oxygen atoms in total. The van der Waals surface area contributed by atoms with Crippen molar-refractivity contribution in [3.63, 3.8) is 0 Å². The van der Waals surface area contributed by atoms with Gasteiger partial charge in [0.05, 0.1) is 9.49 Å². The van der Waals surface area contributed by atoms with Gasteiger partial charge in [-0.05, 0) is 59.9 Å². The second-order valence-corrected chi connectivity index (χ2v) is 7.74. The largest absolute Gasteiger partial charge is 0.396 e. The number of ether oxygens (including phenoxy) is 1. The Morgan fingerprint density at radius 1 is 1.67 bits per heavy atom. The Hall–Kier alpha value is 0.310. The third-order valence-corrected chi connectivity index (χ3v) is 5.34. The van der Waals surface area contributed by atoms with Crippen molar-refractivity contribution in [3.8, 4) is 0 Å². The maximum atomic E-state index is 9.10. The zero-order valence-corrected chi connectivity index (χ0v) is 13.6. The van der Waals surface area contributed by atoms with Crippen molar-refractivity contribution in [2.45, 2.75) is 37.8 Å². The van der Waals surface area contributed by atoms with E-state index in [1.54, 1.807) is 7.11 Å². The van der Waals surface area contributed by atoms with Crippen molar-refractivity contribution in [3.05, 3.63) is 19.4 Å². The molecule has 2 atom stereocenters. The molecule has 0 amide bonds. The number of aliphatic hydroxyl groups is 1. The molecule has 0 fully saturated rings. The van der Waals surface area contributed by atoms with E-state index in [2.05, 4.69) is 34.0 Å². The van der Waals surface area contributed by atoms with Gasteiger partial charge in [-0.1, -0.05) is 0 Å². The molecule has 102 valence electrons. The van der Waals surface area contributed by atoms with Crippen LogP contribution in [0.5, 0.6) is 0 Å². The first-order valence-electron chi connectivity index (χ1n) is 6.38. The molecular formula is C13H20INO2S. The average Bonchev–Trinajstić information content (AvgIpc) is 2.71. The lowest BCUT2D eigenvalue weighted by molar-refractivity contribution is 0.140. The van der Waals surface area contributed by atoms with Gasteiger partial charge in [-0.15, -0.1) is 11.3 Å². The quantitative estimate of drug-likeness (QED) is 0.745.